The molecule has 1 nitrogen and oxygen atoms in total. The first-order valence-corrected chi connectivity index (χ1v) is 5.97. The molecule has 17 heavy (non-hydrogen) atoms. The van der Waals surface area contributed by atoms with Gasteiger partial charge in [0, 0.05) is 11.3 Å². The van der Waals surface area contributed by atoms with Crippen molar-refractivity contribution < 1.29 is 0 Å². The summed E-state index contributed by atoms with van der Waals surface area (Å²) in [5.41, 5.74) is 7.47. The summed E-state index contributed by atoms with van der Waals surface area (Å²) in [5.74, 6) is 0. The minimum atomic E-state index is 0.979. The van der Waals surface area contributed by atoms with Crippen LogP contribution in [0, 0.1) is 13.8 Å². The van der Waals surface area contributed by atoms with E-state index < -0.39 is 0 Å². The second-order valence-corrected chi connectivity index (χ2v) is 4.67. The molecule has 0 aromatic carbocycles. The second kappa shape index (κ2) is 3.85. The van der Waals surface area contributed by atoms with Crippen LogP contribution in [0.1, 0.15) is 28.9 Å². The van der Waals surface area contributed by atoms with Crippen LogP contribution in [0.15, 0.2) is 42.0 Å². The van der Waals surface area contributed by atoms with Gasteiger partial charge < -0.3 is 0 Å². The minimum absolute atomic E-state index is 0.979. The maximum Gasteiger partial charge on any atom is 0.0743 e. The normalized spacial score (nSPS) is 16.8. The first-order valence-electron chi connectivity index (χ1n) is 5.97. The van der Waals surface area contributed by atoms with E-state index in [1.165, 1.54) is 22.3 Å². The Bertz CT molecular complexity index is 598. The zero-order valence-corrected chi connectivity index (χ0v) is 10.2. The smallest absolute Gasteiger partial charge is 0.0743 e. The molecule has 0 spiro atoms. The lowest BCUT2D eigenvalue weighted by Crippen LogP contribution is -1.97. The quantitative estimate of drug-likeness (QED) is 0.645. The Labute approximate surface area is 102 Å². The van der Waals surface area contributed by atoms with Crippen molar-refractivity contribution in [2.75, 3.05) is 0 Å². The largest absolute Gasteiger partial charge is 0.253 e. The fraction of sp³-hybridized carbons (Fsp3) is 0.188. The molecule has 3 rings (SSSR count). The second-order valence-electron chi connectivity index (χ2n) is 4.67. The van der Waals surface area contributed by atoms with E-state index in [9.17, 15) is 0 Å². The predicted octanol–water partition coefficient (Wildman–Crippen LogP) is 3.99. The van der Waals surface area contributed by atoms with Gasteiger partial charge in [-0.25, -0.2) is 0 Å². The third-order valence-corrected chi connectivity index (χ3v) is 3.28. The molecule has 2 aliphatic rings. The van der Waals surface area contributed by atoms with Crippen molar-refractivity contribution in [1.29, 1.82) is 0 Å². The van der Waals surface area contributed by atoms with Crippen molar-refractivity contribution in [1.82, 2.24) is 4.98 Å². The lowest BCUT2D eigenvalue weighted by Gasteiger charge is -2.10. The van der Waals surface area contributed by atoms with Crippen LogP contribution < -0.4 is 0 Å². The maximum atomic E-state index is 4.72. The highest BCUT2D eigenvalue weighted by molar-refractivity contribution is 5.80. The fourth-order valence-corrected chi connectivity index (χ4v) is 2.46. The molecule has 1 aromatic heterocycles. The van der Waals surface area contributed by atoms with Crippen LogP contribution in [0.5, 0.6) is 0 Å². The molecule has 0 N–H and O–H groups in total. The molecule has 0 saturated carbocycles. The van der Waals surface area contributed by atoms with Crippen LogP contribution in [0.4, 0.5) is 0 Å². The summed E-state index contributed by atoms with van der Waals surface area (Å²) in [6.45, 7) is 4.22. The van der Waals surface area contributed by atoms with Gasteiger partial charge in [-0.2, -0.15) is 0 Å². The number of rotatable bonds is 0. The van der Waals surface area contributed by atoms with Gasteiger partial charge >= 0.3 is 0 Å². The summed E-state index contributed by atoms with van der Waals surface area (Å²) in [6.07, 6.45) is 13.9. The Hall–Kier alpha value is -1.89. The van der Waals surface area contributed by atoms with Crippen LogP contribution in [-0.2, 0) is 0 Å². The molecule has 84 valence electrons. The first kappa shape index (κ1) is 10.3. The zero-order valence-electron chi connectivity index (χ0n) is 10.2. The molecule has 1 aromatic rings. The van der Waals surface area contributed by atoms with Crippen LogP contribution in [0.2, 0.25) is 0 Å². The molecule has 2 aliphatic carbocycles. The summed E-state index contributed by atoms with van der Waals surface area (Å²) >= 11 is 0. The average Bonchev–Trinajstić information content (AvgIpc) is 2.61. The van der Waals surface area contributed by atoms with E-state index in [4.69, 9.17) is 4.98 Å². The molecule has 0 atom stereocenters. The number of pyridine rings is 1. The number of aryl methyl sites for hydroxylation is 2. The number of nitrogens with zero attached hydrogens (tertiary/aromatic N) is 1. The summed E-state index contributed by atoms with van der Waals surface area (Å²) in [6, 6.07) is 2.15. The van der Waals surface area contributed by atoms with Gasteiger partial charge in [-0.1, -0.05) is 36.5 Å². The molecule has 2 bridgehead atoms. The summed E-state index contributed by atoms with van der Waals surface area (Å²) in [4.78, 5) is 4.72. The van der Waals surface area contributed by atoms with Crippen LogP contribution in [0.3, 0.4) is 0 Å². The Morgan fingerprint density at radius 2 is 1.88 bits per heavy atom. The van der Waals surface area contributed by atoms with Crippen molar-refractivity contribution in [3.8, 4) is 0 Å². The number of hydrogen-bond donors (Lipinski definition) is 0. The number of allylic oxidation sites excluding steroid dienone is 7. The SMILES string of the molecule is Cc1cc(C)c2c(n1)C1=CC=CC=C(C=C2)C1. The lowest BCUT2D eigenvalue weighted by molar-refractivity contribution is 1.12. The lowest BCUT2D eigenvalue weighted by atomic mass is 10.00. The Morgan fingerprint density at radius 1 is 1.06 bits per heavy atom. The molecule has 0 radical (unpaired) electrons. The molecule has 0 aliphatic heterocycles. The molecule has 1 heterocycles. The number of aromatic nitrogens is 1. The van der Waals surface area contributed by atoms with Gasteiger partial charge in [0.25, 0.3) is 0 Å². The van der Waals surface area contributed by atoms with Gasteiger partial charge in [-0.3, -0.25) is 4.98 Å². The van der Waals surface area contributed by atoms with Gasteiger partial charge in [-0.05, 0) is 43.0 Å². The highest BCUT2D eigenvalue weighted by atomic mass is 14.7. The van der Waals surface area contributed by atoms with Crippen molar-refractivity contribution in [2.45, 2.75) is 20.3 Å². The van der Waals surface area contributed by atoms with Crippen molar-refractivity contribution in [3.05, 3.63) is 64.5 Å². The standard InChI is InChI=1S/C16H15N/c1-11-9-12(2)17-16-14-6-4-3-5-13(10-14)7-8-15(11)16/h3-9H,10H2,1-2H3. The Morgan fingerprint density at radius 3 is 2.76 bits per heavy atom. The molecule has 0 unspecified atom stereocenters. The highest BCUT2D eigenvalue weighted by Gasteiger charge is 2.15. The minimum Gasteiger partial charge on any atom is -0.253 e. The molecule has 0 amide bonds. The van der Waals surface area contributed by atoms with E-state index in [1.807, 2.05) is 0 Å². The average molecular weight is 221 g/mol. The van der Waals surface area contributed by atoms with E-state index in [1.54, 1.807) is 0 Å². The van der Waals surface area contributed by atoms with Crippen LogP contribution >= 0.6 is 0 Å². The van der Waals surface area contributed by atoms with Crippen molar-refractivity contribution in [3.63, 3.8) is 0 Å². The Balaban J connectivity index is 2.30. The first-order chi connectivity index (χ1) is 8.24. The van der Waals surface area contributed by atoms with Crippen LogP contribution in [-0.4, -0.2) is 4.98 Å². The molecule has 1 heteroatoms. The molecule has 0 saturated heterocycles. The van der Waals surface area contributed by atoms with Crippen LogP contribution in [0.25, 0.3) is 11.6 Å². The van der Waals surface area contributed by atoms with Gasteiger partial charge in [-0.15, -0.1) is 0 Å². The van der Waals surface area contributed by atoms with E-state index in [2.05, 4.69) is 56.4 Å². The van der Waals surface area contributed by atoms with Crippen molar-refractivity contribution in [2.24, 2.45) is 0 Å². The van der Waals surface area contributed by atoms with Gasteiger partial charge in [0.2, 0.25) is 0 Å². The maximum absolute atomic E-state index is 4.72. The van der Waals surface area contributed by atoms with Gasteiger partial charge in [0.05, 0.1) is 5.69 Å². The summed E-state index contributed by atoms with van der Waals surface area (Å²) in [7, 11) is 0. The van der Waals surface area contributed by atoms with E-state index in [0.717, 1.165) is 17.8 Å². The zero-order chi connectivity index (χ0) is 11.8. The summed E-state index contributed by atoms with van der Waals surface area (Å²) < 4.78 is 0. The molecular weight excluding hydrogens is 206 g/mol. The van der Waals surface area contributed by atoms with E-state index in [0.29, 0.717) is 0 Å². The third kappa shape index (κ3) is 1.78. The summed E-state index contributed by atoms with van der Waals surface area (Å²) in [5, 5.41) is 0. The third-order valence-electron chi connectivity index (χ3n) is 3.28. The predicted molar refractivity (Wildman–Crippen MR) is 72.6 cm³/mol. The number of fused-ring (bicyclic) bond motifs is 4. The topological polar surface area (TPSA) is 12.9 Å². The van der Waals surface area contributed by atoms with E-state index in [-0.39, 0.29) is 0 Å². The number of hydrogen-bond acceptors (Lipinski definition) is 1. The van der Waals surface area contributed by atoms with E-state index >= 15 is 0 Å². The Kier molecular flexibility index (Phi) is 2.32. The highest BCUT2D eigenvalue weighted by Crippen LogP contribution is 2.32. The fourth-order valence-electron chi connectivity index (χ4n) is 2.46. The molecular formula is C16H15N. The monoisotopic (exact) mass is 221 g/mol. The molecule has 0 fully saturated rings. The van der Waals surface area contributed by atoms with Gasteiger partial charge in [0.15, 0.2) is 0 Å². The van der Waals surface area contributed by atoms with Crippen molar-refractivity contribution >= 4 is 11.6 Å². The van der Waals surface area contributed by atoms with Gasteiger partial charge in [0.1, 0.15) is 0 Å².